The quantitative estimate of drug-likeness (QED) is 0.750. The summed E-state index contributed by atoms with van der Waals surface area (Å²) in [7, 11) is 0. The zero-order valence-electron chi connectivity index (χ0n) is 4.97. The van der Waals surface area contributed by atoms with Gasteiger partial charge in [0, 0.05) is 9.35 Å². The number of hydrogen-bond donors (Lipinski definition) is 1. The second kappa shape index (κ2) is 2.82. The van der Waals surface area contributed by atoms with E-state index in [-0.39, 0.29) is 6.10 Å². The molecule has 3 heteroatoms. The van der Waals surface area contributed by atoms with Crippen molar-refractivity contribution in [2.24, 2.45) is 0 Å². The first kappa shape index (κ1) is 7.25. The molecule has 1 aromatic heterocycles. The lowest BCUT2D eigenvalue weighted by atomic mass is 10.3. The van der Waals surface area contributed by atoms with Crippen molar-refractivity contribution in [3.8, 4) is 0 Å². The third-order valence-electron chi connectivity index (χ3n) is 1.02. The lowest BCUT2D eigenvalue weighted by molar-refractivity contribution is 0.202. The predicted molar refractivity (Wildman–Crippen MR) is 42.7 cm³/mol. The van der Waals surface area contributed by atoms with E-state index in [2.05, 4.69) is 15.9 Å². The highest BCUT2D eigenvalue weighted by atomic mass is 79.9. The number of rotatable bonds is 1. The molecule has 0 bridgehead atoms. The van der Waals surface area contributed by atoms with Crippen molar-refractivity contribution in [1.29, 1.82) is 0 Å². The number of aliphatic hydroxyl groups excluding tert-OH is 1. The lowest BCUT2D eigenvalue weighted by Gasteiger charge is -1.98. The van der Waals surface area contributed by atoms with E-state index in [4.69, 9.17) is 5.11 Å². The number of aliphatic hydroxyl groups is 1. The van der Waals surface area contributed by atoms with E-state index < -0.39 is 0 Å². The molecule has 50 valence electrons. The minimum absolute atomic E-state index is 0.348. The smallest absolute Gasteiger partial charge is 0.0865 e. The summed E-state index contributed by atoms with van der Waals surface area (Å²) in [6, 6.07) is 1.94. The van der Waals surface area contributed by atoms with Crippen LogP contribution in [-0.2, 0) is 0 Å². The monoisotopic (exact) mass is 206 g/mol. The van der Waals surface area contributed by atoms with E-state index in [9.17, 15) is 0 Å². The minimum Gasteiger partial charge on any atom is -0.388 e. The molecule has 0 saturated heterocycles. The Morgan fingerprint density at radius 3 is 2.67 bits per heavy atom. The topological polar surface area (TPSA) is 20.2 Å². The fourth-order valence-electron chi connectivity index (χ4n) is 0.604. The van der Waals surface area contributed by atoms with Gasteiger partial charge in [-0.05, 0) is 34.3 Å². The Kier molecular flexibility index (Phi) is 2.27. The van der Waals surface area contributed by atoms with E-state index in [0.29, 0.717) is 0 Å². The second-order valence-corrected chi connectivity index (χ2v) is 3.61. The molecule has 1 nitrogen and oxygen atoms in total. The van der Waals surface area contributed by atoms with E-state index >= 15 is 0 Å². The van der Waals surface area contributed by atoms with Crippen LogP contribution in [0.25, 0.3) is 0 Å². The third kappa shape index (κ3) is 1.53. The molecule has 0 aliphatic carbocycles. The van der Waals surface area contributed by atoms with Gasteiger partial charge in [0.25, 0.3) is 0 Å². The van der Waals surface area contributed by atoms with Crippen LogP contribution in [0.15, 0.2) is 15.9 Å². The molecule has 0 aliphatic rings. The zero-order chi connectivity index (χ0) is 6.85. The van der Waals surface area contributed by atoms with Gasteiger partial charge in [-0.3, -0.25) is 0 Å². The fourth-order valence-corrected chi connectivity index (χ4v) is 2.25. The Morgan fingerprint density at radius 1 is 1.78 bits per heavy atom. The summed E-state index contributed by atoms with van der Waals surface area (Å²) in [6.07, 6.45) is -0.348. The van der Waals surface area contributed by atoms with Gasteiger partial charge in [-0.2, -0.15) is 0 Å². The van der Waals surface area contributed by atoms with Gasteiger partial charge in [0.1, 0.15) is 0 Å². The maximum Gasteiger partial charge on any atom is 0.0865 e. The predicted octanol–water partition coefficient (Wildman–Crippen LogP) is 2.56. The molecular weight excluding hydrogens is 200 g/mol. The van der Waals surface area contributed by atoms with Gasteiger partial charge in [-0.15, -0.1) is 11.3 Å². The summed E-state index contributed by atoms with van der Waals surface area (Å²) in [5, 5.41) is 11.0. The van der Waals surface area contributed by atoms with Crippen molar-refractivity contribution in [2.45, 2.75) is 13.0 Å². The Bertz CT molecular complexity index is 195. The van der Waals surface area contributed by atoms with Gasteiger partial charge in [0.15, 0.2) is 0 Å². The van der Waals surface area contributed by atoms with Crippen molar-refractivity contribution in [1.82, 2.24) is 0 Å². The van der Waals surface area contributed by atoms with Crippen LogP contribution in [0.2, 0.25) is 0 Å². The molecule has 0 aromatic carbocycles. The van der Waals surface area contributed by atoms with Crippen molar-refractivity contribution in [2.75, 3.05) is 0 Å². The average molecular weight is 207 g/mol. The fraction of sp³-hybridized carbons (Fsp3) is 0.333. The Balaban J connectivity index is 2.94. The highest BCUT2D eigenvalue weighted by Crippen LogP contribution is 2.28. The molecule has 1 aromatic rings. The molecule has 0 saturated carbocycles. The SMILES string of the molecule is CC(O)c1sccc1Br. The van der Waals surface area contributed by atoms with Crippen LogP contribution < -0.4 is 0 Å². The molecule has 1 atom stereocenters. The molecule has 0 fully saturated rings. The highest BCUT2D eigenvalue weighted by molar-refractivity contribution is 9.10. The van der Waals surface area contributed by atoms with Crippen LogP contribution >= 0.6 is 27.3 Å². The number of hydrogen-bond acceptors (Lipinski definition) is 2. The Labute approximate surface area is 66.5 Å². The molecule has 1 heterocycles. The average Bonchev–Trinajstić information content (AvgIpc) is 2.13. The summed E-state index contributed by atoms with van der Waals surface area (Å²) in [6.45, 7) is 1.76. The molecule has 1 N–H and O–H groups in total. The molecule has 0 amide bonds. The standard InChI is InChI=1S/C6H7BrOS/c1-4(8)6-5(7)2-3-9-6/h2-4,8H,1H3. The maximum absolute atomic E-state index is 9.07. The third-order valence-corrected chi connectivity index (χ3v) is 3.07. The van der Waals surface area contributed by atoms with Gasteiger partial charge < -0.3 is 5.11 Å². The second-order valence-electron chi connectivity index (χ2n) is 1.81. The van der Waals surface area contributed by atoms with Crippen LogP contribution in [0.1, 0.15) is 17.9 Å². The van der Waals surface area contributed by atoms with E-state index in [1.165, 1.54) is 0 Å². The van der Waals surface area contributed by atoms with Gasteiger partial charge in [-0.25, -0.2) is 0 Å². The Hall–Kier alpha value is 0.140. The van der Waals surface area contributed by atoms with Gasteiger partial charge >= 0.3 is 0 Å². The van der Waals surface area contributed by atoms with Crippen molar-refractivity contribution >= 4 is 27.3 Å². The van der Waals surface area contributed by atoms with E-state index in [1.807, 2.05) is 11.4 Å². The minimum atomic E-state index is -0.348. The van der Waals surface area contributed by atoms with E-state index in [0.717, 1.165) is 9.35 Å². The summed E-state index contributed by atoms with van der Waals surface area (Å²) in [4.78, 5) is 0.995. The molecule has 9 heavy (non-hydrogen) atoms. The maximum atomic E-state index is 9.07. The molecule has 1 rings (SSSR count). The van der Waals surface area contributed by atoms with Crippen molar-refractivity contribution in [3.05, 3.63) is 20.8 Å². The first-order valence-corrected chi connectivity index (χ1v) is 4.30. The van der Waals surface area contributed by atoms with Crippen LogP contribution in [0.3, 0.4) is 0 Å². The van der Waals surface area contributed by atoms with Crippen LogP contribution in [-0.4, -0.2) is 5.11 Å². The molecule has 1 unspecified atom stereocenters. The molecular formula is C6H7BrOS. The van der Waals surface area contributed by atoms with Gasteiger partial charge in [-0.1, -0.05) is 0 Å². The van der Waals surface area contributed by atoms with Gasteiger partial charge in [0.05, 0.1) is 6.10 Å². The van der Waals surface area contributed by atoms with Crippen LogP contribution in [0.4, 0.5) is 0 Å². The number of thiophene rings is 1. The molecule has 0 radical (unpaired) electrons. The van der Waals surface area contributed by atoms with Crippen molar-refractivity contribution in [3.63, 3.8) is 0 Å². The highest BCUT2D eigenvalue weighted by Gasteiger charge is 2.05. The summed E-state index contributed by atoms with van der Waals surface area (Å²) < 4.78 is 1.00. The molecule has 0 spiro atoms. The Morgan fingerprint density at radius 2 is 2.44 bits per heavy atom. The number of halogens is 1. The van der Waals surface area contributed by atoms with Crippen LogP contribution in [0, 0.1) is 0 Å². The van der Waals surface area contributed by atoms with Gasteiger partial charge in [0.2, 0.25) is 0 Å². The van der Waals surface area contributed by atoms with Crippen molar-refractivity contribution < 1.29 is 5.11 Å². The molecule has 0 aliphatic heterocycles. The zero-order valence-corrected chi connectivity index (χ0v) is 7.37. The normalized spacial score (nSPS) is 13.7. The van der Waals surface area contributed by atoms with E-state index in [1.54, 1.807) is 18.3 Å². The lowest BCUT2D eigenvalue weighted by Crippen LogP contribution is -1.85. The summed E-state index contributed by atoms with van der Waals surface area (Å²) in [5.74, 6) is 0. The first-order chi connectivity index (χ1) is 4.22. The summed E-state index contributed by atoms with van der Waals surface area (Å²) in [5.41, 5.74) is 0. The van der Waals surface area contributed by atoms with Crippen LogP contribution in [0.5, 0.6) is 0 Å². The summed E-state index contributed by atoms with van der Waals surface area (Å²) >= 11 is 4.88. The largest absolute Gasteiger partial charge is 0.388 e. The first-order valence-electron chi connectivity index (χ1n) is 2.63.